The predicted molar refractivity (Wildman–Crippen MR) is 160 cm³/mol. The van der Waals surface area contributed by atoms with Crippen molar-refractivity contribution >= 4 is 40.5 Å². The number of carbonyl (C=O) groups is 1. The second kappa shape index (κ2) is 13.7. The number of hydrogen-bond donors (Lipinski definition) is 1. The molecule has 0 radical (unpaired) electrons. The zero-order valence-electron chi connectivity index (χ0n) is 22.6. The van der Waals surface area contributed by atoms with Crippen molar-refractivity contribution in [1.29, 1.82) is 0 Å². The minimum Gasteiger partial charge on any atom is -0.486 e. The van der Waals surface area contributed by atoms with Gasteiger partial charge in [-0.05, 0) is 100.0 Å². The number of aliphatic carboxylic acids is 1. The molecule has 0 fully saturated rings. The smallest absolute Gasteiger partial charge is 0.333 e. The van der Waals surface area contributed by atoms with Crippen molar-refractivity contribution in [2.45, 2.75) is 27.7 Å². The first-order valence-electron chi connectivity index (χ1n) is 13.0. The van der Waals surface area contributed by atoms with Crippen molar-refractivity contribution in [3.8, 4) is 0 Å². The maximum atomic E-state index is 11.0. The molecule has 0 aromatic heterocycles. The van der Waals surface area contributed by atoms with E-state index in [1.165, 1.54) is 17.5 Å². The van der Waals surface area contributed by atoms with Gasteiger partial charge in [-0.3, -0.25) is 4.79 Å². The van der Waals surface area contributed by atoms with Crippen molar-refractivity contribution in [2.75, 3.05) is 40.9 Å². The first-order valence-corrected chi connectivity index (χ1v) is 13.0. The minimum absolute atomic E-state index is 0.314. The molecule has 0 saturated carbocycles. The zero-order chi connectivity index (χ0) is 27.5. The molecule has 0 aliphatic carbocycles. The van der Waals surface area contributed by atoms with Crippen LogP contribution in [-0.4, -0.2) is 37.3 Å². The zero-order valence-corrected chi connectivity index (χ0v) is 22.6. The summed E-state index contributed by atoms with van der Waals surface area (Å²) in [5.41, 5.74) is 6.13. The third-order valence-electron chi connectivity index (χ3n) is 6.51. The summed E-state index contributed by atoms with van der Waals surface area (Å²) >= 11 is 0. The van der Waals surface area contributed by atoms with Crippen LogP contribution in [0.3, 0.4) is 0 Å². The Morgan fingerprint density at radius 2 is 1.08 bits per heavy atom. The summed E-state index contributed by atoms with van der Waals surface area (Å²) in [6.45, 7) is 19.5. The fourth-order valence-corrected chi connectivity index (χ4v) is 4.39. The topological polar surface area (TPSA) is 51.4 Å². The van der Waals surface area contributed by atoms with E-state index >= 15 is 0 Å². The van der Waals surface area contributed by atoms with E-state index in [-0.39, 0.29) is 5.70 Å². The SMILES string of the molecule is [C-]#[N+]C(=CC=Cc1ccc(N(c2ccc(N(CC)CC)cc2)c2ccc(N(CC)CC)cc2)cc1)C(=O)O. The second-order valence-corrected chi connectivity index (χ2v) is 8.63. The summed E-state index contributed by atoms with van der Waals surface area (Å²) in [6, 6.07) is 25.4. The van der Waals surface area contributed by atoms with Crippen molar-refractivity contribution in [3.63, 3.8) is 0 Å². The number of nitrogens with zero attached hydrogens (tertiary/aromatic N) is 4. The fourth-order valence-electron chi connectivity index (χ4n) is 4.39. The summed E-state index contributed by atoms with van der Waals surface area (Å²) in [4.78, 5) is 20.9. The maximum Gasteiger partial charge on any atom is 0.333 e. The molecule has 6 heteroatoms. The Balaban J connectivity index is 1.98. The predicted octanol–water partition coefficient (Wildman–Crippen LogP) is 7.75. The highest BCUT2D eigenvalue weighted by atomic mass is 16.4. The standard InChI is InChI=1S/C32H36N4O2/c1-6-34(7-2)26-17-21-29(22-18-26)36(30-23-19-27(20-24-30)35(8-3)9-4)28-15-13-25(14-16-28)11-10-12-31(33-5)32(37)38/h10-24H,6-9H2,1-4H3,(H,37,38). The Kier molecular flexibility index (Phi) is 10.1. The van der Waals surface area contributed by atoms with E-state index in [2.05, 4.69) is 95.8 Å². The molecule has 1 N–H and O–H groups in total. The highest BCUT2D eigenvalue weighted by Gasteiger charge is 2.14. The normalized spacial score (nSPS) is 11.3. The van der Waals surface area contributed by atoms with Gasteiger partial charge in [0.1, 0.15) is 0 Å². The summed E-state index contributed by atoms with van der Waals surface area (Å²) < 4.78 is 0. The molecule has 0 heterocycles. The molecule has 0 spiro atoms. The van der Waals surface area contributed by atoms with Crippen LogP contribution in [0.4, 0.5) is 28.4 Å². The lowest BCUT2D eigenvalue weighted by Gasteiger charge is -2.28. The van der Waals surface area contributed by atoms with Gasteiger partial charge in [-0.25, -0.2) is 4.85 Å². The number of allylic oxidation sites excluding steroid dienone is 2. The average molecular weight is 509 g/mol. The summed E-state index contributed by atoms with van der Waals surface area (Å²) in [5, 5.41) is 9.01. The number of rotatable bonds is 12. The number of carboxylic acid groups (broad SMARTS) is 1. The molecule has 38 heavy (non-hydrogen) atoms. The van der Waals surface area contributed by atoms with Gasteiger partial charge in [-0.15, -0.1) is 0 Å². The lowest BCUT2D eigenvalue weighted by molar-refractivity contribution is -0.132. The summed E-state index contributed by atoms with van der Waals surface area (Å²) in [5.74, 6) is -1.23. The molecule has 0 saturated heterocycles. The van der Waals surface area contributed by atoms with Crippen molar-refractivity contribution < 1.29 is 9.90 Å². The van der Waals surface area contributed by atoms with E-state index in [0.29, 0.717) is 0 Å². The first kappa shape index (κ1) is 28.1. The van der Waals surface area contributed by atoms with Gasteiger partial charge in [0.25, 0.3) is 5.70 Å². The molecule has 3 rings (SSSR count). The van der Waals surface area contributed by atoms with Gasteiger partial charge >= 0.3 is 5.97 Å². The van der Waals surface area contributed by atoms with Crippen LogP contribution in [0.2, 0.25) is 0 Å². The number of carboxylic acids is 1. The van der Waals surface area contributed by atoms with E-state index < -0.39 is 5.97 Å². The molecule has 0 amide bonds. The van der Waals surface area contributed by atoms with E-state index in [0.717, 1.165) is 48.8 Å². The van der Waals surface area contributed by atoms with Crippen LogP contribution in [0.5, 0.6) is 0 Å². The Bertz CT molecular complexity index is 1220. The highest BCUT2D eigenvalue weighted by molar-refractivity contribution is 5.89. The van der Waals surface area contributed by atoms with Gasteiger partial charge in [0, 0.05) is 54.6 Å². The number of anilines is 5. The summed E-state index contributed by atoms with van der Waals surface area (Å²) in [7, 11) is 0. The van der Waals surface area contributed by atoms with Crippen LogP contribution in [0.25, 0.3) is 10.9 Å². The lowest BCUT2D eigenvalue weighted by atomic mass is 10.1. The number of hydrogen-bond acceptors (Lipinski definition) is 4. The Morgan fingerprint density at radius 3 is 1.42 bits per heavy atom. The van der Waals surface area contributed by atoms with Crippen LogP contribution >= 0.6 is 0 Å². The molecule has 0 aliphatic rings. The number of benzene rings is 3. The third-order valence-corrected chi connectivity index (χ3v) is 6.51. The first-order chi connectivity index (χ1) is 18.4. The monoisotopic (exact) mass is 508 g/mol. The van der Waals surface area contributed by atoms with Gasteiger partial charge in [-0.2, -0.15) is 0 Å². The average Bonchev–Trinajstić information content (AvgIpc) is 2.95. The van der Waals surface area contributed by atoms with Crippen molar-refractivity contribution in [1.82, 2.24) is 0 Å². The molecule has 0 bridgehead atoms. The maximum absolute atomic E-state index is 11.0. The van der Waals surface area contributed by atoms with Crippen LogP contribution in [0.15, 0.2) is 90.6 Å². The van der Waals surface area contributed by atoms with Gasteiger partial charge < -0.3 is 19.8 Å². The molecule has 3 aromatic rings. The summed E-state index contributed by atoms with van der Waals surface area (Å²) in [6.07, 6.45) is 4.69. The van der Waals surface area contributed by atoms with E-state index in [9.17, 15) is 4.79 Å². The van der Waals surface area contributed by atoms with Gasteiger partial charge in [0.2, 0.25) is 0 Å². The van der Waals surface area contributed by atoms with Gasteiger partial charge in [0.05, 0.1) is 6.57 Å². The molecule has 3 aromatic carbocycles. The third kappa shape index (κ3) is 6.83. The van der Waals surface area contributed by atoms with Gasteiger partial charge in [-0.1, -0.05) is 24.3 Å². The van der Waals surface area contributed by atoms with Crippen LogP contribution in [0, 0.1) is 6.57 Å². The molecule has 6 nitrogen and oxygen atoms in total. The fraction of sp³-hybridized carbons (Fsp3) is 0.250. The van der Waals surface area contributed by atoms with E-state index in [1.807, 2.05) is 24.3 Å². The van der Waals surface area contributed by atoms with E-state index in [4.69, 9.17) is 11.7 Å². The minimum atomic E-state index is -1.23. The second-order valence-electron chi connectivity index (χ2n) is 8.63. The van der Waals surface area contributed by atoms with Crippen molar-refractivity contribution in [3.05, 3.63) is 108 Å². The van der Waals surface area contributed by atoms with Gasteiger partial charge in [0.15, 0.2) is 0 Å². The Morgan fingerprint density at radius 1 is 0.711 bits per heavy atom. The van der Waals surface area contributed by atoms with Crippen LogP contribution in [-0.2, 0) is 4.79 Å². The molecule has 0 unspecified atom stereocenters. The van der Waals surface area contributed by atoms with Crippen LogP contribution in [0.1, 0.15) is 33.3 Å². The van der Waals surface area contributed by atoms with E-state index in [1.54, 1.807) is 12.2 Å². The Hall–Kier alpha value is -4.50. The molecule has 196 valence electrons. The van der Waals surface area contributed by atoms with Crippen LogP contribution < -0.4 is 14.7 Å². The largest absolute Gasteiger partial charge is 0.486 e. The van der Waals surface area contributed by atoms with Crippen molar-refractivity contribution in [2.24, 2.45) is 0 Å². The highest BCUT2D eigenvalue weighted by Crippen LogP contribution is 2.36. The quantitative estimate of drug-likeness (QED) is 0.154. The Labute approximate surface area is 226 Å². The molecule has 0 aliphatic heterocycles. The lowest BCUT2D eigenvalue weighted by Crippen LogP contribution is -2.22. The molecular formula is C32H36N4O2. The molecular weight excluding hydrogens is 472 g/mol. The molecule has 0 atom stereocenters.